The van der Waals surface area contributed by atoms with Crippen LogP contribution in [0.15, 0.2) is 34.1 Å². The fraction of sp³-hybridized carbons (Fsp3) is 0.200. The van der Waals surface area contributed by atoms with Crippen LogP contribution in [-0.2, 0) is 11.0 Å². The van der Waals surface area contributed by atoms with Crippen LogP contribution in [0.4, 0.5) is 24.5 Å². The molecule has 150 valence electrons. The average molecular weight is 481 g/mol. The summed E-state index contributed by atoms with van der Waals surface area (Å²) in [6.45, 7) is -0.379. The van der Waals surface area contributed by atoms with Gasteiger partial charge in [0.25, 0.3) is 17.5 Å². The van der Waals surface area contributed by atoms with Crippen molar-refractivity contribution in [3.63, 3.8) is 0 Å². The number of likely N-dealkylation sites (N-methyl/N-ethyl adjacent to an activating group) is 1. The van der Waals surface area contributed by atoms with Crippen LogP contribution in [0.3, 0.4) is 0 Å². The highest BCUT2D eigenvalue weighted by atomic mass is 79.9. The van der Waals surface area contributed by atoms with E-state index in [-0.39, 0.29) is 12.2 Å². The summed E-state index contributed by atoms with van der Waals surface area (Å²) < 4.78 is 38.8. The van der Waals surface area contributed by atoms with Crippen molar-refractivity contribution in [2.75, 3.05) is 19.0 Å². The Balaban J connectivity index is 2.02. The fourth-order valence-electron chi connectivity index (χ4n) is 2.05. The van der Waals surface area contributed by atoms with Crippen LogP contribution < -0.4 is 10.9 Å². The second kappa shape index (κ2) is 8.56. The molecule has 2 amide bonds. The molecule has 8 nitrogen and oxygen atoms in total. The molecule has 0 unspecified atom stereocenters. The van der Waals surface area contributed by atoms with E-state index in [4.69, 9.17) is 0 Å². The van der Waals surface area contributed by atoms with Crippen LogP contribution in [0.25, 0.3) is 0 Å². The standard InChI is InChI=1S/C15H12BrF3N4O4S/c1-22(14(25)11-4-5-12(16)28-11)7-13(24)21-20-9-3-2-8(15(17,18)19)6-10(9)23(26)27/h2-6,20H,7H2,1H3,(H,21,24). The van der Waals surface area contributed by atoms with Crippen LogP contribution in [0, 0.1) is 10.1 Å². The highest BCUT2D eigenvalue weighted by Crippen LogP contribution is 2.34. The number of alkyl halides is 3. The molecule has 0 saturated carbocycles. The smallest absolute Gasteiger partial charge is 0.332 e. The summed E-state index contributed by atoms with van der Waals surface area (Å²) >= 11 is 4.40. The molecule has 2 rings (SSSR count). The Kier molecular flexibility index (Phi) is 6.61. The lowest BCUT2D eigenvalue weighted by atomic mass is 10.1. The summed E-state index contributed by atoms with van der Waals surface area (Å²) in [5.74, 6) is -1.13. The number of rotatable bonds is 6. The van der Waals surface area contributed by atoms with Crippen molar-refractivity contribution in [3.05, 3.63) is 54.7 Å². The third-order valence-electron chi connectivity index (χ3n) is 3.37. The summed E-state index contributed by atoms with van der Waals surface area (Å²) in [5.41, 5.74) is 1.95. The number of carbonyl (C=O) groups excluding carboxylic acids is 2. The van der Waals surface area contributed by atoms with Crippen molar-refractivity contribution in [2.24, 2.45) is 0 Å². The van der Waals surface area contributed by atoms with Gasteiger partial charge in [0.05, 0.1) is 19.2 Å². The summed E-state index contributed by atoms with van der Waals surface area (Å²) in [6, 6.07) is 5.09. The number of nitro groups is 1. The van der Waals surface area contributed by atoms with E-state index in [2.05, 4.69) is 26.8 Å². The van der Waals surface area contributed by atoms with Crippen molar-refractivity contribution >= 4 is 50.5 Å². The number of anilines is 1. The predicted octanol–water partition coefficient (Wildman–Crippen LogP) is 3.65. The first-order chi connectivity index (χ1) is 13.0. The Labute approximate surface area is 168 Å². The van der Waals surface area contributed by atoms with Crippen LogP contribution in [-0.4, -0.2) is 35.2 Å². The normalized spacial score (nSPS) is 11.0. The number of thiophene rings is 1. The van der Waals surface area contributed by atoms with Gasteiger partial charge in [0.1, 0.15) is 12.2 Å². The number of halogens is 4. The number of hydrogen-bond donors (Lipinski definition) is 2. The molecule has 2 N–H and O–H groups in total. The number of benzene rings is 1. The largest absolute Gasteiger partial charge is 0.416 e. The minimum Gasteiger partial charge on any atom is -0.332 e. The van der Waals surface area contributed by atoms with Gasteiger partial charge >= 0.3 is 6.18 Å². The molecular formula is C15H12BrF3N4O4S. The Morgan fingerprint density at radius 1 is 1.29 bits per heavy atom. The van der Waals surface area contributed by atoms with Crippen molar-refractivity contribution in [1.29, 1.82) is 0 Å². The van der Waals surface area contributed by atoms with Gasteiger partial charge in [0, 0.05) is 13.1 Å². The van der Waals surface area contributed by atoms with Gasteiger partial charge in [-0.2, -0.15) is 13.2 Å². The summed E-state index contributed by atoms with van der Waals surface area (Å²) in [7, 11) is 1.39. The van der Waals surface area contributed by atoms with E-state index in [1.54, 1.807) is 12.1 Å². The number of nitrogens with zero attached hydrogens (tertiary/aromatic N) is 2. The number of nitrogens with one attached hydrogen (secondary N) is 2. The maximum atomic E-state index is 12.7. The lowest BCUT2D eigenvalue weighted by molar-refractivity contribution is -0.384. The number of hydrogen-bond acceptors (Lipinski definition) is 6. The lowest BCUT2D eigenvalue weighted by Gasteiger charge is -2.16. The van der Waals surface area contributed by atoms with Gasteiger partial charge in [-0.15, -0.1) is 11.3 Å². The highest BCUT2D eigenvalue weighted by Gasteiger charge is 2.33. The second-order valence-corrected chi connectivity index (χ2v) is 7.89. The van der Waals surface area contributed by atoms with Gasteiger partial charge in [-0.05, 0) is 40.2 Å². The quantitative estimate of drug-likeness (QED) is 0.484. The zero-order valence-corrected chi connectivity index (χ0v) is 16.4. The molecule has 0 atom stereocenters. The first-order valence-electron chi connectivity index (χ1n) is 7.40. The molecule has 13 heteroatoms. The monoisotopic (exact) mass is 480 g/mol. The molecule has 0 saturated heterocycles. The number of carbonyl (C=O) groups is 2. The van der Waals surface area contributed by atoms with Crippen molar-refractivity contribution in [1.82, 2.24) is 10.3 Å². The van der Waals surface area contributed by atoms with Gasteiger partial charge in [-0.3, -0.25) is 30.6 Å². The van der Waals surface area contributed by atoms with E-state index < -0.39 is 34.2 Å². The molecule has 1 aromatic heterocycles. The molecule has 0 bridgehead atoms. The Morgan fingerprint density at radius 3 is 2.50 bits per heavy atom. The molecule has 0 radical (unpaired) electrons. The first-order valence-corrected chi connectivity index (χ1v) is 9.01. The summed E-state index contributed by atoms with van der Waals surface area (Å²) in [4.78, 5) is 35.6. The predicted molar refractivity (Wildman–Crippen MR) is 98.8 cm³/mol. The Morgan fingerprint density at radius 2 is 1.96 bits per heavy atom. The second-order valence-electron chi connectivity index (χ2n) is 5.42. The fourth-order valence-corrected chi connectivity index (χ4v) is 3.43. The van der Waals surface area contributed by atoms with Crippen LogP contribution in [0.5, 0.6) is 0 Å². The molecule has 0 aliphatic rings. The molecule has 0 spiro atoms. The minimum absolute atomic E-state index is 0.331. The van der Waals surface area contributed by atoms with Crippen LogP contribution >= 0.6 is 27.3 Å². The maximum Gasteiger partial charge on any atom is 0.416 e. The molecule has 1 heterocycles. The van der Waals surface area contributed by atoms with E-state index in [1.807, 2.05) is 0 Å². The van der Waals surface area contributed by atoms with Crippen molar-refractivity contribution in [3.8, 4) is 0 Å². The molecule has 2 aromatic rings. The molecule has 28 heavy (non-hydrogen) atoms. The molecular weight excluding hydrogens is 469 g/mol. The number of amides is 2. The maximum absolute atomic E-state index is 12.7. The van der Waals surface area contributed by atoms with Gasteiger partial charge in [0.15, 0.2) is 0 Å². The van der Waals surface area contributed by atoms with Crippen molar-refractivity contribution < 1.29 is 27.7 Å². The zero-order chi connectivity index (χ0) is 21.1. The highest BCUT2D eigenvalue weighted by molar-refractivity contribution is 9.11. The first kappa shape index (κ1) is 21.6. The summed E-state index contributed by atoms with van der Waals surface area (Å²) in [5, 5.41) is 11.0. The van der Waals surface area contributed by atoms with E-state index in [0.29, 0.717) is 17.0 Å². The topological polar surface area (TPSA) is 105 Å². The summed E-state index contributed by atoms with van der Waals surface area (Å²) in [6.07, 6.45) is -4.74. The van der Waals surface area contributed by atoms with Gasteiger partial charge in [0.2, 0.25) is 0 Å². The molecule has 0 aliphatic carbocycles. The minimum atomic E-state index is -4.74. The van der Waals surface area contributed by atoms with Crippen LogP contribution in [0.2, 0.25) is 0 Å². The zero-order valence-electron chi connectivity index (χ0n) is 14.0. The van der Waals surface area contributed by atoms with Gasteiger partial charge in [-0.25, -0.2) is 0 Å². The third kappa shape index (κ3) is 5.42. The van der Waals surface area contributed by atoms with E-state index in [0.717, 1.165) is 14.8 Å². The SMILES string of the molecule is CN(CC(=O)NNc1ccc(C(F)(F)F)cc1[N+](=O)[O-])C(=O)c1ccc(Br)s1. The third-order valence-corrected chi connectivity index (χ3v) is 4.98. The van der Waals surface area contributed by atoms with E-state index in [9.17, 15) is 32.9 Å². The Hall–Kier alpha value is -2.67. The van der Waals surface area contributed by atoms with E-state index in [1.165, 1.54) is 18.4 Å². The van der Waals surface area contributed by atoms with E-state index >= 15 is 0 Å². The average Bonchev–Trinajstić information content (AvgIpc) is 3.04. The van der Waals surface area contributed by atoms with Gasteiger partial charge < -0.3 is 4.90 Å². The number of nitro benzene ring substituents is 1. The van der Waals surface area contributed by atoms with Crippen LogP contribution in [0.1, 0.15) is 15.2 Å². The van der Waals surface area contributed by atoms with Crippen molar-refractivity contribution in [2.45, 2.75) is 6.18 Å². The molecule has 1 aromatic carbocycles. The molecule has 0 fully saturated rings. The lowest BCUT2D eigenvalue weighted by Crippen LogP contribution is -2.40. The Bertz CT molecular complexity index is 919. The number of hydrazine groups is 1. The van der Waals surface area contributed by atoms with Gasteiger partial charge in [-0.1, -0.05) is 0 Å². The molecule has 0 aliphatic heterocycles.